The zero-order valence-electron chi connectivity index (χ0n) is 12.6. The molecule has 0 aromatic heterocycles. The highest BCUT2D eigenvalue weighted by Gasteiger charge is 2.24. The molecule has 0 amide bonds. The molecule has 0 radical (unpaired) electrons. The third-order valence-electron chi connectivity index (χ3n) is 3.71. The molecule has 1 aliphatic heterocycles. The largest absolute Gasteiger partial charge is 0.496 e. The fourth-order valence-corrected chi connectivity index (χ4v) is 3.15. The van der Waals surface area contributed by atoms with E-state index in [0.29, 0.717) is 6.04 Å². The van der Waals surface area contributed by atoms with E-state index in [4.69, 9.17) is 4.74 Å². The SMILES string of the molecule is CCC[C@@H](c1cc(Br)ccc1OC)N1CCNCC1.Cl.Cl. The first-order chi connectivity index (χ1) is 9.26. The number of hydrogen-bond acceptors (Lipinski definition) is 3. The molecule has 0 spiro atoms. The summed E-state index contributed by atoms with van der Waals surface area (Å²) < 4.78 is 6.68. The molecule has 0 saturated carbocycles. The lowest BCUT2D eigenvalue weighted by molar-refractivity contribution is 0.162. The van der Waals surface area contributed by atoms with Gasteiger partial charge in [0, 0.05) is 42.3 Å². The summed E-state index contributed by atoms with van der Waals surface area (Å²) in [6.07, 6.45) is 2.36. The van der Waals surface area contributed by atoms with Crippen molar-refractivity contribution in [1.82, 2.24) is 10.2 Å². The summed E-state index contributed by atoms with van der Waals surface area (Å²) >= 11 is 3.58. The minimum atomic E-state index is 0. The van der Waals surface area contributed by atoms with Gasteiger partial charge in [-0.25, -0.2) is 0 Å². The van der Waals surface area contributed by atoms with Gasteiger partial charge in [0.1, 0.15) is 5.75 Å². The summed E-state index contributed by atoms with van der Waals surface area (Å²) in [6.45, 7) is 6.63. The second kappa shape index (κ2) is 10.7. The number of methoxy groups -OCH3 is 1. The van der Waals surface area contributed by atoms with E-state index in [1.165, 1.54) is 18.4 Å². The summed E-state index contributed by atoms with van der Waals surface area (Å²) in [4.78, 5) is 2.57. The zero-order chi connectivity index (χ0) is 13.7. The van der Waals surface area contributed by atoms with E-state index in [-0.39, 0.29) is 24.8 Å². The summed E-state index contributed by atoms with van der Waals surface area (Å²) in [5.74, 6) is 1.00. The van der Waals surface area contributed by atoms with E-state index in [2.05, 4.69) is 45.2 Å². The molecule has 2 rings (SSSR count). The Morgan fingerprint density at radius 1 is 1.29 bits per heavy atom. The first-order valence-electron chi connectivity index (χ1n) is 7.04. The molecular formula is C15H25BrCl2N2O. The summed E-state index contributed by atoms with van der Waals surface area (Å²) in [5.41, 5.74) is 1.31. The van der Waals surface area contributed by atoms with Crippen LogP contribution >= 0.6 is 40.7 Å². The number of nitrogens with one attached hydrogen (secondary N) is 1. The highest BCUT2D eigenvalue weighted by molar-refractivity contribution is 9.10. The number of halogens is 3. The van der Waals surface area contributed by atoms with Crippen LogP contribution in [0.1, 0.15) is 31.4 Å². The highest BCUT2D eigenvalue weighted by atomic mass is 79.9. The van der Waals surface area contributed by atoms with E-state index >= 15 is 0 Å². The van der Waals surface area contributed by atoms with Crippen molar-refractivity contribution in [1.29, 1.82) is 0 Å². The Kier molecular flexibility index (Phi) is 10.7. The monoisotopic (exact) mass is 398 g/mol. The average molecular weight is 400 g/mol. The van der Waals surface area contributed by atoms with Gasteiger partial charge in [0.15, 0.2) is 0 Å². The van der Waals surface area contributed by atoms with E-state index in [1.54, 1.807) is 7.11 Å². The Morgan fingerprint density at radius 3 is 2.52 bits per heavy atom. The van der Waals surface area contributed by atoms with Crippen LogP contribution in [0.25, 0.3) is 0 Å². The average Bonchev–Trinajstić information content (AvgIpc) is 2.45. The molecule has 1 aromatic carbocycles. The minimum absolute atomic E-state index is 0. The lowest BCUT2D eigenvalue weighted by Crippen LogP contribution is -2.45. The van der Waals surface area contributed by atoms with Crippen molar-refractivity contribution >= 4 is 40.7 Å². The van der Waals surface area contributed by atoms with Gasteiger partial charge >= 0.3 is 0 Å². The Bertz CT molecular complexity index is 415. The number of benzene rings is 1. The van der Waals surface area contributed by atoms with Crippen molar-refractivity contribution in [2.45, 2.75) is 25.8 Å². The predicted molar refractivity (Wildman–Crippen MR) is 97.3 cm³/mol. The zero-order valence-corrected chi connectivity index (χ0v) is 15.8. The van der Waals surface area contributed by atoms with Gasteiger partial charge in [-0.15, -0.1) is 24.8 Å². The van der Waals surface area contributed by atoms with Gasteiger partial charge in [0.05, 0.1) is 7.11 Å². The second-order valence-corrected chi connectivity index (χ2v) is 5.89. The normalized spacial score (nSPS) is 16.5. The molecule has 1 saturated heterocycles. The van der Waals surface area contributed by atoms with Gasteiger partial charge in [-0.2, -0.15) is 0 Å². The van der Waals surface area contributed by atoms with Gasteiger partial charge in [-0.3, -0.25) is 4.90 Å². The Hall–Kier alpha value is -0.000000000000000111. The predicted octanol–water partition coefficient (Wildman–Crippen LogP) is 4.05. The first kappa shape index (κ1) is 21.0. The molecule has 1 fully saturated rings. The molecular weight excluding hydrogens is 375 g/mol. The standard InChI is InChI=1S/C15H23BrN2O.2ClH/c1-3-4-14(18-9-7-17-8-10-18)13-11-12(16)5-6-15(13)19-2;;/h5-6,11,14,17H,3-4,7-10H2,1-2H3;2*1H/t14-;;/m0../s1. The molecule has 0 bridgehead atoms. The van der Waals surface area contributed by atoms with Crippen LogP contribution in [0.4, 0.5) is 0 Å². The van der Waals surface area contributed by atoms with Gasteiger partial charge in [-0.1, -0.05) is 29.3 Å². The van der Waals surface area contributed by atoms with Crippen LogP contribution < -0.4 is 10.1 Å². The molecule has 1 atom stereocenters. The van der Waals surface area contributed by atoms with Gasteiger partial charge in [-0.05, 0) is 24.6 Å². The van der Waals surface area contributed by atoms with E-state index in [1.807, 2.05) is 6.07 Å². The van der Waals surface area contributed by atoms with Gasteiger partial charge in [0.25, 0.3) is 0 Å². The lowest BCUT2D eigenvalue weighted by atomic mass is 9.99. The maximum absolute atomic E-state index is 5.56. The van der Waals surface area contributed by atoms with Crippen molar-refractivity contribution in [2.75, 3.05) is 33.3 Å². The maximum atomic E-state index is 5.56. The minimum Gasteiger partial charge on any atom is -0.496 e. The maximum Gasteiger partial charge on any atom is 0.123 e. The molecule has 1 aliphatic rings. The third-order valence-corrected chi connectivity index (χ3v) is 4.20. The molecule has 1 aromatic rings. The number of hydrogen-bond donors (Lipinski definition) is 1. The lowest BCUT2D eigenvalue weighted by Gasteiger charge is -2.35. The Balaban J connectivity index is 0.00000200. The fraction of sp³-hybridized carbons (Fsp3) is 0.600. The van der Waals surface area contributed by atoms with Crippen LogP contribution in [0, 0.1) is 0 Å². The van der Waals surface area contributed by atoms with Crippen molar-refractivity contribution in [3.8, 4) is 5.75 Å². The topological polar surface area (TPSA) is 24.5 Å². The summed E-state index contributed by atoms with van der Waals surface area (Å²) in [6, 6.07) is 6.77. The van der Waals surface area contributed by atoms with Crippen LogP contribution in [-0.2, 0) is 0 Å². The van der Waals surface area contributed by atoms with Crippen molar-refractivity contribution in [3.63, 3.8) is 0 Å². The molecule has 0 aliphatic carbocycles. The smallest absolute Gasteiger partial charge is 0.123 e. The number of rotatable bonds is 5. The second-order valence-electron chi connectivity index (χ2n) is 4.98. The molecule has 122 valence electrons. The van der Waals surface area contributed by atoms with Crippen LogP contribution in [0.5, 0.6) is 5.75 Å². The van der Waals surface area contributed by atoms with E-state index < -0.39 is 0 Å². The fourth-order valence-electron chi connectivity index (χ4n) is 2.77. The van der Waals surface area contributed by atoms with E-state index in [0.717, 1.165) is 36.4 Å². The molecule has 21 heavy (non-hydrogen) atoms. The Labute approximate surface area is 148 Å². The van der Waals surface area contributed by atoms with Crippen LogP contribution in [0.15, 0.2) is 22.7 Å². The van der Waals surface area contributed by atoms with E-state index in [9.17, 15) is 0 Å². The molecule has 3 nitrogen and oxygen atoms in total. The van der Waals surface area contributed by atoms with Crippen LogP contribution in [-0.4, -0.2) is 38.2 Å². The van der Waals surface area contributed by atoms with Crippen molar-refractivity contribution in [3.05, 3.63) is 28.2 Å². The molecule has 0 unspecified atom stereocenters. The molecule has 6 heteroatoms. The Morgan fingerprint density at radius 2 is 1.95 bits per heavy atom. The van der Waals surface area contributed by atoms with Crippen molar-refractivity contribution < 1.29 is 4.74 Å². The van der Waals surface area contributed by atoms with Crippen LogP contribution in [0.2, 0.25) is 0 Å². The highest BCUT2D eigenvalue weighted by Crippen LogP contribution is 2.34. The van der Waals surface area contributed by atoms with Gasteiger partial charge < -0.3 is 10.1 Å². The third kappa shape index (κ3) is 5.61. The quantitative estimate of drug-likeness (QED) is 0.808. The van der Waals surface area contributed by atoms with Crippen molar-refractivity contribution in [2.24, 2.45) is 0 Å². The molecule has 1 N–H and O–H groups in total. The summed E-state index contributed by atoms with van der Waals surface area (Å²) in [5, 5.41) is 3.42. The number of nitrogens with zero attached hydrogens (tertiary/aromatic N) is 1. The molecule has 1 heterocycles. The first-order valence-corrected chi connectivity index (χ1v) is 7.83. The number of piperazine rings is 1. The number of ether oxygens (including phenoxy) is 1. The summed E-state index contributed by atoms with van der Waals surface area (Å²) in [7, 11) is 1.76. The van der Waals surface area contributed by atoms with Crippen LogP contribution in [0.3, 0.4) is 0 Å². The van der Waals surface area contributed by atoms with Gasteiger partial charge in [0.2, 0.25) is 0 Å².